The Morgan fingerprint density at radius 2 is 2.12 bits per heavy atom. The number of pyridine rings is 1. The number of rotatable bonds is 3. The van der Waals surface area contributed by atoms with Gasteiger partial charge in [-0.2, -0.15) is 0 Å². The van der Waals surface area contributed by atoms with Gasteiger partial charge in [-0.05, 0) is 31.4 Å². The third kappa shape index (κ3) is 2.94. The molecule has 0 aromatic carbocycles. The average molecular weight is 237 g/mol. The van der Waals surface area contributed by atoms with Gasteiger partial charge in [0.05, 0.1) is 12.3 Å². The number of aliphatic hydroxyl groups excluding tert-OH is 1. The zero-order valence-electron chi connectivity index (χ0n) is 9.37. The maximum Gasteiger partial charge on any atom is 0.354 e. The number of nitrogens with zero attached hydrogens (tertiary/aromatic N) is 1. The first-order valence-corrected chi connectivity index (χ1v) is 5.71. The molecule has 2 atom stereocenters. The normalized spacial score (nSPS) is 24.3. The van der Waals surface area contributed by atoms with E-state index in [1.165, 1.54) is 12.3 Å². The lowest BCUT2D eigenvalue weighted by Crippen LogP contribution is -2.34. The van der Waals surface area contributed by atoms with E-state index in [0.29, 0.717) is 5.75 Å². The molecule has 2 N–H and O–H groups in total. The molecule has 0 aliphatic heterocycles. The van der Waals surface area contributed by atoms with Crippen LogP contribution in [-0.4, -0.2) is 33.4 Å². The van der Waals surface area contributed by atoms with Crippen LogP contribution in [0.25, 0.3) is 0 Å². The van der Waals surface area contributed by atoms with E-state index in [1.807, 2.05) is 0 Å². The number of hydrogen-bond acceptors (Lipinski definition) is 4. The summed E-state index contributed by atoms with van der Waals surface area (Å²) < 4.78 is 5.60. The summed E-state index contributed by atoms with van der Waals surface area (Å²) in [7, 11) is 0. The van der Waals surface area contributed by atoms with Gasteiger partial charge in [0, 0.05) is 0 Å². The van der Waals surface area contributed by atoms with Gasteiger partial charge in [-0.25, -0.2) is 9.78 Å². The van der Waals surface area contributed by atoms with E-state index < -0.39 is 12.1 Å². The summed E-state index contributed by atoms with van der Waals surface area (Å²) in [6.07, 6.45) is 4.38. The Morgan fingerprint density at radius 1 is 1.35 bits per heavy atom. The van der Waals surface area contributed by atoms with Gasteiger partial charge in [-0.15, -0.1) is 0 Å². The van der Waals surface area contributed by atoms with Crippen LogP contribution in [0.5, 0.6) is 5.75 Å². The molecule has 1 aliphatic rings. The first kappa shape index (κ1) is 11.9. The highest BCUT2D eigenvalue weighted by Crippen LogP contribution is 2.23. The lowest BCUT2D eigenvalue weighted by Gasteiger charge is -2.28. The van der Waals surface area contributed by atoms with Crippen LogP contribution in [0.15, 0.2) is 18.3 Å². The van der Waals surface area contributed by atoms with Crippen LogP contribution in [-0.2, 0) is 0 Å². The van der Waals surface area contributed by atoms with Crippen molar-refractivity contribution in [1.29, 1.82) is 0 Å². The van der Waals surface area contributed by atoms with Crippen molar-refractivity contribution in [2.75, 3.05) is 0 Å². The van der Waals surface area contributed by atoms with E-state index in [2.05, 4.69) is 4.98 Å². The van der Waals surface area contributed by atoms with Gasteiger partial charge in [0.2, 0.25) is 0 Å². The Morgan fingerprint density at radius 3 is 2.71 bits per heavy atom. The summed E-state index contributed by atoms with van der Waals surface area (Å²) >= 11 is 0. The molecule has 1 aromatic rings. The lowest BCUT2D eigenvalue weighted by molar-refractivity contribution is 0.00666. The molecule has 5 heteroatoms. The quantitative estimate of drug-likeness (QED) is 0.832. The SMILES string of the molecule is O=C(O)c1ccc(OC2CCCCC2O)cn1. The summed E-state index contributed by atoms with van der Waals surface area (Å²) in [5.41, 5.74) is -0.0125. The molecule has 2 rings (SSSR count). The maximum absolute atomic E-state index is 10.6. The highest BCUT2D eigenvalue weighted by molar-refractivity contribution is 5.85. The fourth-order valence-corrected chi connectivity index (χ4v) is 1.97. The zero-order valence-corrected chi connectivity index (χ0v) is 9.37. The minimum Gasteiger partial charge on any atom is -0.486 e. The number of ether oxygens (including phenoxy) is 1. The molecule has 2 unspecified atom stereocenters. The zero-order chi connectivity index (χ0) is 12.3. The smallest absolute Gasteiger partial charge is 0.354 e. The number of hydrogen-bond donors (Lipinski definition) is 2. The molecule has 0 spiro atoms. The Hall–Kier alpha value is -1.62. The summed E-state index contributed by atoms with van der Waals surface area (Å²) in [5, 5.41) is 18.4. The van der Waals surface area contributed by atoms with Gasteiger partial charge >= 0.3 is 5.97 Å². The van der Waals surface area contributed by atoms with Gasteiger partial charge in [-0.3, -0.25) is 0 Å². The molecular weight excluding hydrogens is 222 g/mol. The molecule has 0 bridgehead atoms. The van der Waals surface area contributed by atoms with Gasteiger partial charge in [-0.1, -0.05) is 6.42 Å². The monoisotopic (exact) mass is 237 g/mol. The second-order valence-electron chi connectivity index (χ2n) is 4.19. The number of carbonyl (C=O) groups is 1. The Kier molecular flexibility index (Phi) is 3.58. The van der Waals surface area contributed by atoms with E-state index in [0.717, 1.165) is 25.7 Å². The predicted molar refractivity (Wildman–Crippen MR) is 60.1 cm³/mol. The minimum atomic E-state index is -1.06. The largest absolute Gasteiger partial charge is 0.486 e. The van der Waals surface area contributed by atoms with Gasteiger partial charge in [0.15, 0.2) is 0 Å². The molecular formula is C12H15NO4. The second-order valence-corrected chi connectivity index (χ2v) is 4.19. The lowest BCUT2D eigenvalue weighted by atomic mass is 9.95. The molecule has 0 radical (unpaired) electrons. The van der Waals surface area contributed by atoms with Crippen LogP contribution in [0.2, 0.25) is 0 Å². The molecule has 1 saturated carbocycles. The van der Waals surface area contributed by atoms with E-state index in [-0.39, 0.29) is 11.8 Å². The van der Waals surface area contributed by atoms with Crippen molar-refractivity contribution in [2.45, 2.75) is 37.9 Å². The second kappa shape index (κ2) is 5.14. The Bertz CT molecular complexity index is 390. The molecule has 17 heavy (non-hydrogen) atoms. The summed E-state index contributed by atoms with van der Waals surface area (Å²) in [6.45, 7) is 0. The van der Waals surface area contributed by atoms with Crippen molar-refractivity contribution < 1.29 is 19.7 Å². The van der Waals surface area contributed by atoms with E-state index in [1.54, 1.807) is 6.07 Å². The van der Waals surface area contributed by atoms with Crippen LogP contribution >= 0.6 is 0 Å². The third-order valence-corrected chi connectivity index (χ3v) is 2.91. The fourth-order valence-electron chi connectivity index (χ4n) is 1.97. The third-order valence-electron chi connectivity index (χ3n) is 2.91. The topological polar surface area (TPSA) is 79.7 Å². The van der Waals surface area contributed by atoms with Gasteiger partial charge in [0.1, 0.15) is 17.5 Å². The van der Waals surface area contributed by atoms with Crippen LogP contribution < -0.4 is 4.74 Å². The highest BCUT2D eigenvalue weighted by Gasteiger charge is 2.24. The minimum absolute atomic E-state index is 0.0125. The van der Waals surface area contributed by atoms with Crippen molar-refractivity contribution in [1.82, 2.24) is 4.98 Å². The number of carboxylic acid groups (broad SMARTS) is 1. The molecule has 1 heterocycles. The number of aromatic carboxylic acids is 1. The molecule has 5 nitrogen and oxygen atoms in total. The van der Waals surface area contributed by atoms with Crippen molar-refractivity contribution >= 4 is 5.97 Å². The van der Waals surface area contributed by atoms with E-state index >= 15 is 0 Å². The number of aliphatic hydroxyl groups is 1. The predicted octanol–water partition coefficient (Wildman–Crippen LogP) is 1.46. The molecule has 1 aromatic heterocycles. The van der Waals surface area contributed by atoms with E-state index in [4.69, 9.17) is 9.84 Å². The molecule has 92 valence electrons. The Balaban J connectivity index is 2.00. The summed E-state index contributed by atoms with van der Waals surface area (Å²) in [4.78, 5) is 14.4. The molecule has 1 fully saturated rings. The summed E-state index contributed by atoms with van der Waals surface area (Å²) in [5.74, 6) is -0.560. The van der Waals surface area contributed by atoms with Crippen LogP contribution in [0.1, 0.15) is 36.2 Å². The fraction of sp³-hybridized carbons (Fsp3) is 0.500. The van der Waals surface area contributed by atoms with Crippen LogP contribution in [0.4, 0.5) is 0 Å². The van der Waals surface area contributed by atoms with Gasteiger partial charge < -0.3 is 14.9 Å². The van der Waals surface area contributed by atoms with Crippen LogP contribution in [0.3, 0.4) is 0 Å². The van der Waals surface area contributed by atoms with Gasteiger partial charge in [0.25, 0.3) is 0 Å². The first-order valence-electron chi connectivity index (χ1n) is 5.71. The molecule has 0 amide bonds. The molecule has 1 aliphatic carbocycles. The average Bonchev–Trinajstić information content (AvgIpc) is 2.33. The van der Waals surface area contributed by atoms with Crippen molar-refractivity contribution in [3.63, 3.8) is 0 Å². The number of aromatic nitrogens is 1. The van der Waals surface area contributed by atoms with E-state index in [9.17, 15) is 9.90 Å². The Labute approximate surface area is 99.1 Å². The van der Waals surface area contributed by atoms with Crippen molar-refractivity contribution in [2.24, 2.45) is 0 Å². The van der Waals surface area contributed by atoms with Crippen molar-refractivity contribution in [3.05, 3.63) is 24.0 Å². The maximum atomic E-state index is 10.6. The highest BCUT2D eigenvalue weighted by atomic mass is 16.5. The first-order chi connectivity index (χ1) is 8.16. The van der Waals surface area contributed by atoms with Crippen molar-refractivity contribution in [3.8, 4) is 5.75 Å². The number of carboxylic acids is 1. The summed E-state index contributed by atoms with van der Waals surface area (Å²) in [6, 6.07) is 2.96. The van der Waals surface area contributed by atoms with Crippen LogP contribution in [0, 0.1) is 0 Å². The molecule has 0 saturated heterocycles. The standard InChI is InChI=1S/C12H15NO4/c14-10-3-1-2-4-11(10)17-8-5-6-9(12(15)16)13-7-8/h5-7,10-11,14H,1-4H2,(H,15,16).